The highest BCUT2D eigenvalue weighted by Crippen LogP contribution is 2.45. The summed E-state index contributed by atoms with van der Waals surface area (Å²) in [4.78, 5) is 12.4. The fraction of sp³-hybridized carbons (Fsp3) is 0.125. The van der Waals surface area contributed by atoms with Gasteiger partial charge < -0.3 is 4.90 Å². The summed E-state index contributed by atoms with van der Waals surface area (Å²) < 4.78 is 0. The van der Waals surface area contributed by atoms with Gasteiger partial charge in [0.25, 0.3) is 0 Å². The van der Waals surface area contributed by atoms with Gasteiger partial charge in [-0.15, -0.1) is 0 Å². The van der Waals surface area contributed by atoms with Crippen molar-refractivity contribution >= 4 is 50.1 Å². The highest BCUT2D eigenvalue weighted by molar-refractivity contribution is 6.14. The van der Waals surface area contributed by atoms with Gasteiger partial charge in [0, 0.05) is 39.5 Å². The lowest BCUT2D eigenvalue weighted by atomic mass is 9.92. The topological polar surface area (TPSA) is 28.5 Å². The number of allylic oxidation sites excluding steroid dienone is 4. The number of rotatable bonds is 7. The Balaban J connectivity index is 1.29. The predicted octanol–water partition coefficient (Wildman–Crippen LogP) is 13.5. The van der Waals surface area contributed by atoms with Gasteiger partial charge in [-0.1, -0.05) is 115 Å². The minimum absolute atomic E-state index is 0.786. The van der Waals surface area contributed by atoms with E-state index in [0.717, 1.165) is 52.4 Å². The molecule has 0 aliphatic heterocycles. The van der Waals surface area contributed by atoms with Gasteiger partial charge in [-0.2, -0.15) is 0 Å². The Morgan fingerprint density at radius 1 is 0.627 bits per heavy atom. The number of hydrogen-bond donors (Lipinski definition) is 0. The number of fused-ring (bicyclic) bond motifs is 3. The Labute approximate surface area is 301 Å². The van der Waals surface area contributed by atoms with Gasteiger partial charge in [0.2, 0.25) is 0 Å². The van der Waals surface area contributed by atoms with Crippen LogP contribution in [0.3, 0.4) is 0 Å². The van der Waals surface area contributed by atoms with E-state index in [0.29, 0.717) is 0 Å². The molecule has 0 bridgehead atoms. The second-order valence-electron chi connectivity index (χ2n) is 13.5. The Morgan fingerprint density at radius 3 is 2.16 bits per heavy atom. The van der Waals surface area contributed by atoms with Crippen molar-refractivity contribution in [2.75, 3.05) is 4.90 Å². The van der Waals surface area contributed by atoms with Gasteiger partial charge >= 0.3 is 0 Å². The van der Waals surface area contributed by atoms with E-state index >= 15 is 0 Å². The van der Waals surface area contributed by atoms with E-state index in [-0.39, 0.29) is 0 Å². The molecule has 0 spiro atoms. The van der Waals surface area contributed by atoms with Crippen molar-refractivity contribution in [3.63, 3.8) is 0 Å². The van der Waals surface area contributed by atoms with Gasteiger partial charge in [-0.3, -0.25) is 0 Å². The largest absolute Gasteiger partial charge is 0.309 e. The van der Waals surface area contributed by atoms with Crippen molar-refractivity contribution in [1.82, 2.24) is 4.98 Å². The van der Waals surface area contributed by atoms with Crippen molar-refractivity contribution in [2.45, 2.75) is 40.5 Å². The lowest BCUT2D eigenvalue weighted by Crippen LogP contribution is -2.11. The molecular weight excluding hydrogens is 619 g/mol. The van der Waals surface area contributed by atoms with Crippen LogP contribution < -0.4 is 4.90 Å². The molecule has 0 unspecified atom stereocenters. The van der Waals surface area contributed by atoms with Crippen LogP contribution in [0.5, 0.6) is 0 Å². The van der Waals surface area contributed by atoms with E-state index in [1.54, 1.807) is 0 Å². The molecule has 8 rings (SSSR count). The number of benzene rings is 6. The first-order chi connectivity index (χ1) is 25.0. The quantitative estimate of drug-likeness (QED) is 0.126. The monoisotopic (exact) mass is 659 g/mol. The smallest absolute Gasteiger partial charge is 0.155 e. The molecule has 0 atom stereocenters. The fourth-order valence-electron chi connectivity index (χ4n) is 7.47. The summed E-state index contributed by atoms with van der Waals surface area (Å²) in [7, 11) is 0. The van der Waals surface area contributed by atoms with Crippen LogP contribution in [0.15, 0.2) is 162 Å². The summed E-state index contributed by atoms with van der Waals surface area (Å²) in [6.07, 6.45) is 10.6. The number of hydrogen-bond acceptors (Lipinski definition) is 3. The molecule has 1 aromatic heterocycles. The summed E-state index contributed by atoms with van der Waals surface area (Å²) in [6, 6.07) is 46.1. The molecular formula is C48H41N3. The van der Waals surface area contributed by atoms with Gasteiger partial charge in [0.1, 0.15) is 0 Å². The first-order valence-corrected chi connectivity index (χ1v) is 17.8. The molecule has 1 heterocycles. The Hall–Kier alpha value is -6.06. The standard InChI is InChI=1S/C48H41N3/c1-32-16-11-12-21-39(32)44-30-37(27-26-33(44)2)41-22-13-14-24-46(41)51(38-19-9-6-10-20-38)47-25-15-23-42-43(47)29-28-40-34(3)48(49-31-45(40)42)50-35(4)36-17-7-5-8-18-36/h5-7,9-17,19-31H,8,18H2,1-4H3/b50-35+. The van der Waals surface area contributed by atoms with E-state index in [1.807, 2.05) is 6.20 Å². The number of aryl methyl sites for hydroxylation is 3. The van der Waals surface area contributed by atoms with E-state index in [9.17, 15) is 0 Å². The van der Waals surface area contributed by atoms with Crippen molar-refractivity contribution in [3.8, 4) is 22.3 Å². The molecule has 6 aromatic carbocycles. The SMILES string of the molecule is C/C(=N\c1ncc2c(ccc3c(N(c4ccccc4)c4ccccc4-c4ccc(C)c(-c5ccccc5C)c4)cccc32)c1C)C1=CC=CCC1. The molecule has 0 amide bonds. The Bertz CT molecular complexity index is 2520. The molecule has 1 aliphatic rings. The molecule has 1 aliphatic carbocycles. The number of anilines is 3. The zero-order valence-electron chi connectivity index (χ0n) is 29.7. The van der Waals surface area contributed by atoms with Gasteiger partial charge in [-0.25, -0.2) is 9.98 Å². The van der Waals surface area contributed by atoms with Crippen molar-refractivity contribution in [2.24, 2.45) is 4.99 Å². The number of aromatic nitrogens is 1. The molecule has 0 N–H and O–H groups in total. The zero-order valence-corrected chi connectivity index (χ0v) is 29.7. The van der Waals surface area contributed by atoms with Gasteiger partial charge in [0.15, 0.2) is 5.82 Å². The van der Waals surface area contributed by atoms with E-state index in [4.69, 9.17) is 9.98 Å². The summed E-state index contributed by atoms with van der Waals surface area (Å²) in [5.74, 6) is 0.786. The molecule has 0 saturated heterocycles. The molecule has 248 valence electrons. The van der Waals surface area contributed by atoms with E-state index in [1.165, 1.54) is 55.1 Å². The van der Waals surface area contributed by atoms with Crippen LogP contribution in [-0.4, -0.2) is 10.7 Å². The number of para-hydroxylation sites is 2. The highest BCUT2D eigenvalue weighted by Gasteiger charge is 2.21. The maximum absolute atomic E-state index is 5.01. The summed E-state index contributed by atoms with van der Waals surface area (Å²) in [5, 5.41) is 4.64. The highest BCUT2D eigenvalue weighted by atomic mass is 15.1. The minimum Gasteiger partial charge on any atom is -0.309 e. The second-order valence-corrected chi connectivity index (χ2v) is 13.5. The maximum atomic E-state index is 5.01. The molecule has 7 aromatic rings. The lowest BCUT2D eigenvalue weighted by molar-refractivity contribution is 1.00. The normalized spacial score (nSPS) is 13.1. The number of nitrogens with zero attached hydrogens (tertiary/aromatic N) is 3. The van der Waals surface area contributed by atoms with Crippen LogP contribution in [0.1, 0.15) is 36.5 Å². The van der Waals surface area contributed by atoms with Gasteiger partial charge in [0.05, 0.1) is 11.4 Å². The third kappa shape index (κ3) is 6.06. The summed E-state index contributed by atoms with van der Waals surface area (Å²) >= 11 is 0. The fourth-order valence-corrected chi connectivity index (χ4v) is 7.47. The average Bonchev–Trinajstić information content (AvgIpc) is 3.17. The minimum atomic E-state index is 0.786. The van der Waals surface area contributed by atoms with Gasteiger partial charge in [-0.05, 0) is 115 Å². The Kier molecular flexibility index (Phi) is 8.63. The third-order valence-electron chi connectivity index (χ3n) is 10.3. The number of pyridine rings is 1. The number of aliphatic imine (C=N–C) groups is 1. The molecule has 0 fully saturated rings. The predicted molar refractivity (Wildman–Crippen MR) is 218 cm³/mol. The molecule has 3 heteroatoms. The van der Waals surface area contributed by atoms with Crippen molar-refractivity contribution in [1.29, 1.82) is 0 Å². The molecule has 51 heavy (non-hydrogen) atoms. The molecule has 0 radical (unpaired) electrons. The van der Waals surface area contributed by atoms with Crippen LogP contribution in [0.25, 0.3) is 43.8 Å². The summed E-state index contributed by atoms with van der Waals surface area (Å²) in [6.45, 7) is 8.63. The van der Waals surface area contributed by atoms with E-state index < -0.39 is 0 Å². The maximum Gasteiger partial charge on any atom is 0.155 e. The van der Waals surface area contributed by atoms with Crippen LogP contribution in [0.2, 0.25) is 0 Å². The van der Waals surface area contributed by atoms with Crippen LogP contribution in [0.4, 0.5) is 22.9 Å². The lowest BCUT2D eigenvalue weighted by Gasteiger charge is -2.29. The van der Waals surface area contributed by atoms with Crippen LogP contribution in [-0.2, 0) is 0 Å². The van der Waals surface area contributed by atoms with Crippen molar-refractivity contribution < 1.29 is 0 Å². The van der Waals surface area contributed by atoms with Crippen LogP contribution >= 0.6 is 0 Å². The van der Waals surface area contributed by atoms with Crippen molar-refractivity contribution in [3.05, 3.63) is 174 Å². The second kappa shape index (κ2) is 13.7. The van der Waals surface area contributed by atoms with E-state index in [2.05, 4.69) is 178 Å². The molecule has 0 saturated carbocycles. The van der Waals surface area contributed by atoms with Crippen LogP contribution in [0, 0.1) is 20.8 Å². The molecule has 3 nitrogen and oxygen atoms in total. The summed E-state index contributed by atoms with van der Waals surface area (Å²) in [5.41, 5.74) is 14.2. The third-order valence-corrected chi connectivity index (χ3v) is 10.3. The average molecular weight is 660 g/mol. The first kappa shape index (κ1) is 32.2. The Morgan fingerprint density at radius 2 is 1.35 bits per heavy atom. The first-order valence-electron chi connectivity index (χ1n) is 17.8. The zero-order chi connectivity index (χ0) is 34.9.